The van der Waals surface area contributed by atoms with Crippen LogP contribution in [0.1, 0.15) is 12.5 Å². The van der Waals surface area contributed by atoms with Crippen LogP contribution in [0.25, 0.3) is 10.9 Å². The van der Waals surface area contributed by atoms with E-state index in [-0.39, 0.29) is 12.2 Å². The predicted molar refractivity (Wildman–Crippen MR) is 115 cm³/mol. The smallest absolute Gasteiger partial charge is 0.262 e. The van der Waals surface area contributed by atoms with E-state index in [1.807, 2.05) is 19.1 Å². The van der Waals surface area contributed by atoms with E-state index < -0.39 is 0 Å². The number of aromatic nitrogens is 2. The molecular weight excluding hydrogens is 392 g/mol. The SMILES string of the molecule is C#CCOc1c(Cl)cc(/C=N\Nc2nc3ccccc3c(=O)n2CC)cc1OC. The maximum Gasteiger partial charge on any atom is 0.262 e. The van der Waals surface area contributed by atoms with Crippen molar-refractivity contribution in [1.82, 2.24) is 9.55 Å². The Hall–Kier alpha value is -3.50. The van der Waals surface area contributed by atoms with Gasteiger partial charge in [0.25, 0.3) is 5.56 Å². The molecule has 0 aliphatic rings. The van der Waals surface area contributed by atoms with Crippen molar-refractivity contribution >= 4 is 34.7 Å². The maximum absolute atomic E-state index is 12.6. The first-order valence-corrected chi connectivity index (χ1v) is 9.19. The van der Waals surface area contributed by atoms with Gasteiger partial charge in [-0.15, -0.1) is 6.42 Å². The lowest BCUT2D eigenvalue weighted by Crippen LogP contribution is -2.23. The lowest BCUT2D eigenvalue weighted by Gasteiger charge is -2.12. The molecule has 29 heavy (non-hydrogen) atoms. The van der Waals surface area contributed by atoms with E-state index in [4.69, 9.17) is 27.5 Å². The van der Waals surface area contributed by atoms with Crippen molar-refractivity contribution in [3.05, 3.63) is 57.3 Å². The Morgan fingerprint density at radius 3 is 2.90 bits per heavy atom. The van der Waals surface area contributed by atoms with E-state index in [0.29, 0.717) is 45.5 Å². The number of ether oxygens (including phenoxy) is 2. The summed E-state index contributed by atoms with van der Waals surface area (Å²) in [5, 5.41) is 5.09. The van der Waals surface area contributed by atoms with Crippen LogP contribution < -0.4 is 20.5 Å². The molecule has 0 saturated heterocycles. The second-order valence-electron chi connectivity index (χ2n) is 5.90. The van der Waals surface area contributed by atoms with Crippen LogP contribution in [0.2, 0.25) is 5.02 Å². The number of para-hydroxylation sites is 1. The number of nitrogens with zero attached hydrogens (tertiary/aromatic N) is 3. The molecule has 0 radical (unpaired) electrons. The largest absolute Gasteiger partial charge is 0.493 e. The Morgan fingerprint density at radius 2 is 2.17 bits per heavy atom. The van der Waals surface area contributed by atoms with Gasteiger partial charge in [-0.25, -0.2) is 10.4 Å². The third kappa shape index (κ3) is 4.33. The molecule has 0 unspecified atom stereocenters. The summed E-state index contributed by atoms with van der Waals surface area (Å²) in [7, 11) is 1.51. The van der Waals surface area contributed by atoms with Crippen molar-refractivity contribution < 1.29 is 9.47 Å². The molecule has 1 heterocycles. The van der Waals surface area contributed by atoms with E-state index >= 15 is 0 Å². The average Bonchev–Trinajstić information content (AvgIpc) is 2.73. The highest BCUT2D eigenvalue weighted by Gasteiger charge is 2.12. The number of nitrogens with one attached hydrogen (secondary N) is 1. The molecule has 0 aliphatic heterocycles. The van der Waals surface area contributed by atoms with Crippen molar-refractivity contribution in [3.8, 4) is 23.8 Å². The van der Waals surface area contributed by atoms with Crippen LogP contribution in [0.15, 0.2) is 46.3 Å². The fourth-order valence-electron chi connectivity index (χ4n) is 2.78. The minimum Gasteiger partial charge on any atom is -0.493 e. The summed E-state index contributed by atoms with van der Waals surface area (Å²) in [5.74, 6) is 3.53. The minimum absolute atomic E-state index is 0.0766. The van der Waals surface area contributed by atoms with E-state index in [1.54, 1.807) is 30.5 Å². The van der Waals surface area contributed by atoms with Crippen molar-refractivity contribution in [2.45, 2.75) is 13.5 Å². The summed E-state index contributed by atoms with van der Waals surface area (Å²) in [6.45, 7) is 2.40. The van der Waals surface area contributed by atoms with Crippen LogP contribution in [0, 0.1) is 12.3 Å². The Kier molecular flexibility index (Phi) is 6.37. The quantitative estimate of drug-likeness (QED) is 0.366. The number of hydrogen-bond donors (Lipinski definition) is 1. The van der Waals surface area contributed by atoms with E-state index in [1.165, 1.54) is 11.7 Å². The zero-order valence-corrected chi connectivity index (χ0v) is 16.7. The summed E-state index contributed by atoms with van der Waals surface area (Å²) in [4.78, 5) is 17.1. The molecule has 0 fully saturated rings. The van der Waals surface area contributed by atoms with Crippen molar-refractivity contribution in [2.75, 3.05) is 19.1 Å². The molecule has 1 N–H and O–H groups in total. The normalized spacial score (nSPS) is 10.8. The zero-order valence-electron chi connectivity index (χ0n) is 16.0. The molecule has 0 atom stereocenters. The molecule has 0 spiro atoms. The molecule has 8 heteroatoms. The number of fused-ring (bicyclic) bond motifs is 1. The van der Waals surface area contributed by atoms with Gasteiger partial charge in [-0.2, -0.15) is 5.10 Å². The van der Waals surface area contributed by atoms with E-state index in [0.717, 1.165) is 0 Å². The highest BCUT2D eigenvalue weighted by molar-refractivity contribution is 6.32. The van der Waals surface area contributed by atoms with Crippen molar-refractivity contribution in [3.63, 3.8) is 0 Å². The van der Waals surface area contributed by atoms with Crippen LogP contribution in [0.4, 0.5) is 5.95 Å². The van der Waals surface area contributed by atoms with Gasteiger partial charge in [0.15, 0.2) is 11.5 Å². The van der Waals surface area contributed by atoms with Gasteiger partial charge < -0.3 is 9.47 Å². The first kappa shape index (κ1) is 20.2. The fourth-order valence-corrected chi connectivity index (χ4v) is 3.05. The fraction of sp³-hybridized carbons (Fsp3) is 0.190. The molecule has 1 aromatic heterocycles. The summed E-state index contributed by atoms with van der Waals surface area (Å²) < 4.78 is 12.2. The van der Waals surface area contributed by atoms with Crippen LogP contribution in [-0.2, 0) is 6.54 Å². The highest BCUT2D eigenvalue weighted by Crippen LogP contribution is 2.36. The average molecular weight is 411 g/mol. The Bertz CT molecular complexity index is 1170. The highest BCUT2D eigenvalue weighted by atomic mass is 35.5. The van der Waals surface area contributed by atoms with E-state index in [9.17, 15) is 4.79 Å². The van der Waals surface area contributed by atoms with Gasteiger partial charge in [0.2, 0.25) is 5.95 Å². The zero-order chi connectivity index (χ0) is 20.8. The Balaban J connectivity index is 1.89. The number of hydrazone groups is 1. The second-order valence-corrected chi connectivity index (χ2v) is 6.31. The van der Waals surface area contributed by atoms with Crippen LogP contribution in [-0.4, -0.2) is 29.5 Å². The number of methoxy groups -OCH3 is 1. The topological polar surface area (TPSA) is 77.7 Å². The van der Waals surface area contributed by atoms with Crippen molar-refractivity contribution in [1.29, 1.82) is 0 Å². The van der Waals surface area contributed by atoms with Crippen LogP contribution in [0.3, 0.4) is 0 Å². The molecule has 148 valence electrons. The summed E-state index contributed by atoms with van der Waals surface area (Å²) >= 11 is 6.27. The van der Waals surface area contributed by atoms with Gasteiger partial charge in [-0.1, -0.05) is 29.7 Å². The second kappa shape index (κ2) is 9.13. The van der Waals surface area contributed by atoms with E-state index in [2.05, 4.69) is 21.4 Å². The van der Waals surface area contributed by atoms with Crippen LogP contribution >= 0.6 is 11.6 Å². The number of halogens is 1. The summed E-state index contributed by atoms with van der Waals surface area (Å²) in [5.41, 5.74) is 3.96. The molecule has 7 nitrogen and oxygen atoms in total. The maximum atomic E-state index is 12.6. The van der Waals surface area contributed by atoms with Gasteiger partial charge >= 0.3 is 0 Å². The van der Waals surface area contributed by atoms with Crippen LogP contribution in [0.5, 0.6) is 11.5 Å². The number of rotatable bonds is 7. The summed E-state index contributed by atoms with van der Waals surface area (Å²) in [6, 6.07) is 10.6. The minimum atomic E-state index is -0.129. The van der Waals surface area contributed by atoms with Gasteiger partial charge in [0.1, 0.15) is 6.61 Å². The Morgan fingerprint density at radius 1 is 1.38 bits per heavy atom. The molecule has 2 aromatic carbocycles. The third-order valence-electron chi connectivity index (χ3n) is 4.11. The number of hydrogen-bond acceptors (Lipinski definition) is 6. The molecule has 0 saturated carbocycles. The monoisotopic (exact) mass is 410 g/mol. The summed E-state index contributed by atoms with van der Waals surface area (Å²) in [6.07, 6.45) is 6.76. The number of benzene rings is 2. The molecule has 3 rings (SSSR count). The standard InChI is InChI=1S/C21H19ClN4O3/c1-4-10-29-19-16(22)11-14(12-18(19)28-3)13-23-25-21-24-17-9-7-6-8-15(17)20(27)26(21)5-2/h1,6-9,11-13H,5,10H2,2-3H3,(H,24,25)/b23-13-. The molecule has 0 bridgehead atoms. The van der Waals surface area contributed by atoms with Crippen molar-refractivity contribution in [2.24, 2.45) is 5.10 Å². The van der Waals surface area contributed by atoms with Gasteiger partial charge in [0.05, 0.1) is 29.2 Å². The molecular formula is C21H19ClN4O3. The molecule has 3 aromatic rings. The predicted octanol–water partition coefficient (Wildman–Crippen LogP) is 3.54. The number of anilines is 1. The first-order chi connectivity index (χ1) is 14.1. The van der Waals surface area contributed by atoms with Gasteiger partial charge in [0, 0.05) is 6.54 Å². The lowest BCUT2D eigenvalue weighted by atomic mass is 10.2. The molecule has 0 aliphatic carbocycles. The van der Waals surface area contributed by atoms with Gasteiger partial charge in [-0.3, -0.25) is 9.36 Å². The Labute approximate surface area is 172 Å². The first-order valence-electron chi connectivity index (χ1n) is 8.81. The molecule has 0 amide bonds. The van der Waals surface area contributed by atoms with Gasteiger partial charge in [-0.05, 0) is 36.8 Å². The lowest BCUT2D eigenvalue weighted by molar-refractivity contribution is 0.331. The number of terminal acetylenes is 1. The third-order valence-corrected chi connectivity index (χ3v) is 4.39.